The summed E-state index contributed by atoms with van der Waals surface area (Å²) in [6, 6.07) is 12.7. The number of aliphatic imine (C=N–C) groups is 1. The third kappa shape index (κ3) is 4.94. The number of hydrogen-bond donors (Lipinski definition) is 0. The van der Waals surface area contributed by atoms with Gasteiger partial charge in [0.2, 0.25) is 0 Å². The molecule has 2 aromatic carbocycles. The smallest absolute Gasteiger partial charge is 0.254 e. The predicted octanol–water partition coefficient (Wildman–Crippen LogP) is 4.99. The standard InChI is InChI=1S/C29H39N3O3/c1-8-35-27-15-22-23(16-26(27)34-7)28(30-25-13-14-31(6)17-24(22)25)20-9-11-21(12-10-20)29(33)32(18(2)3)19(4)5/h9-12,15-16,18-19,24-25H,8,13-14,17H2,1-7H3/t24-,25-/m1/s1. The summed E-state index contributed by atoms with van der Waals surface area (Å²) in [6.07, 6.45) is 1.02. The Morgan fingerprint density at radius 3 is 2.40 bits per heavy atom. The van der Waals surface area contributed by atoms with E-state index < -0.39 is 0 Å². The number of methoxy groups -OCH3 is 1. The van der Waals surface area contributed by atoms with Crippen molar-refractivity contribution in [3.05, 3.63) is 58.7 Å². The molecule has 35 heavy (non-hydrogen) atoms. The molecule has 2 atom stereocenters. The zero-order chi connectivity index (χ0) is 25.3. The number of piperidine rings is 1. The predicted molar refractivity (Wildman–Crippen MR) is 141 cm³/mol. The Morgan fingerprint density at radius 2 is 1.80 bits per heavy atom. The third-order valence-electron chi connectivity index (χ3n) is 7.12. The van der Waals surface area contributed by atoms with Gasteiger partial charge in [-0.05, 0) is 84.5 Å². The average molecular weight is 478 g/mol. The number of hydrogen-bond acceptors (Lipinski definition) is 5. The first-order chi connectivity index (χ1) is 16.7. The SMILES string of the molecule is CCOc1cc2c(cc1OC)C(c1ccc(C(=O)N(C(C)C)C(C)C)cc1)=N[C@@H]1CCN(C)C[C@H]21. The molecule has 2 aromatic rings. The summed E-state index contributed by atoms with van der Waals surface area (Å²) in [5.74, 6) is 1.89. The van der Waals surface area contributed by atoms with Gasteiger partial charge in [-0.1, -0.05) is 12.1 Å². The van der Waals surface area contributed by atoms with Gasteiger partial charge in [-0.25, -0.2) is 0 Å². The molecular weight excluding hydrogens is 438 g/mol. The zero-order valence-corrected chi connectivity index (χ0v) is 22.2. The molecule has 188 valence electrons. The van der Waals surface area contributed by atoms with E-state index in [1.807, 2.05) is 36.1 Å². The number of likely N-dealkylation sites (N-methyl/N-ethyl adjacent to an activating group) is 1. The van der Waals surface area contributed by atoms with E-state index in [-0.39, 0.29) is 24.0 Å². The molecule has 6 heteroatoms. The number of carbonyl (C=O) groups excluding carboxylic acids is 1. The molecule has 0 spiro atoms. The average Bonchev–Trinajstić information content (AvgIpc) is 2.83. The van der Waals surface area contributed by atoms with E-state index in [0.717, 1.165) is 47.8 Å². The molecule has 2 heterocycles. The highest BCUT2D eigenvalue weighted by Gasteiger charge is 2.36. The van der Waals surface area contributed by atoms with Crippen LogP contribution < -0.4 is 9.47 Å². The van der Waals surface area contributed by atoms with Crippen LogP contribution in [0.1, 0.15) is 74.0 Å². The molecule has 1 amide bonds. The first-order valence-corrected chi connectivity index (χ1v) is 12.8. The number of nitrogens with zero attached hydrogens (tertiary/aromatic N) is 3. The molecule has 2 aliphatic rings. The van der Waals surface area contributed by atoms with Gasteiger partial charge in [0.1, 0.15) is 0 Å². The summed E-state index contributed by atoms with van der Waals surface area (Å²) < 4.78 is 11.6. The minimum absolute atomic E-state index is 0.0611. The monoisotopic (exact) mass is 477 g/mol. The van der Waals surface area contributed by atoms with Crippen molar-refractivity contribution in [1.82, 2.24) is 9.80 Å². The van der Waals surface area contributed by atoms with E-state index in [2.05, 4.69) is 51.8 Å². The van der Waals surface area contributed by atoms with Gasteiger partial charge >= 0.3 is 0 Å². The summed E-state index contributed by atoms with van der Waals surface area (Å²) >= 11 is 0. The Kier molecular flexibility index (Phi) is 7.50. The normalized spacial score (nSPS) is 19.7. The fourth-order valence-electron chi connectivity index (χ4n) is 5.53. The van der Waals surface area contributed by atoms with Crippen LogP contribution in [0.2, 0.25) is 0 Å². The van der Waals surface area contributed by atoms with Crippen molar-refractivity contribution in [3.8, 4) is 11.5 Å². The summed E-state index contributed by atoms with van der Waals surface area (Å²) in [5, 5.41) is 0. The Hall–Kier alpha value is -2.86. The highest BCUT2D eigenvalue weighted by molar-refractivity contribution is 6.15. The first kappa shape index (κ1) is 25.2. The Morgan fingerprint density at radius 1 is 1.11 bits per heavy atom. The number of benzene rings is 2. The first-order valence-electron chi connectivity index (χ1n) is 12.8. The maximum atomic E-state index is 13.2. The Balaban J connectivity index is 1.75. The molecule has 2 aliphatic heterocycles. The number of carbonyl (C=O) groups is 1. The van der Waals surface area contributed by atoms with Gasteiger partial charge in [-0.15, -0.1) is 0 Å². The number of ether oxygens (including phenoxy) is 2. The quantitative estimate of drug-likeness (QED) is 0.564. The third-order valence-corrected chi connectivity index (χ3v) is 7.12. The maximum absolute atomic E-state index is 13.2. The fraction of sp³-hybridized carbons (Fsp3) is 0.517. The highest BCUT2D eigenvalue weighted by Crippen LogP contribution is 2.42. The molecule has 0 saturated carbocycles. The van der Waals surface area contributed by atoms with Crippen LogP contribution in [0.3, 0.4) is 0 Å². The zero-order valence-electron chi connectivity index (χ0n) is 22.2. The second kappa shape index (κ2) is 10.4. The second-order valence-corrected chi connectivity index (χ2v) is 10.2. The van der Waals surface area contributed by atoms with Gasteiger partial charge in [-0.2, -0.15) is 0 Å². The van der Waals surface area contributed by atoms with Gasteiger partial charge in [0.15, 0.2) is 11.5 Å². The van der Waals surface area contributed by atoms with Crippen LogP contribution in [0, 0.1) is 0 Å². The topological polar surface area (TPSA) is 54.4 Å². The fourth-order valence-corrected chi connectivity index (χ4v) is 5.53. The van der Waals surface area contributed by atoms with E-state index in [9.17, 15) is 4.79 Å². The molecule has 4 rings (SSSR count). The lowest BCUT2D eigenvalue weighted by Crippen LogP contribution is -2.42. The molecule has 0 unspecified atom stereocenters. The van der Waals surface area contributed by atoms with Gasteiger partial charge in [-0.3, -0.25) is 9.79 Å². The van der Waals surface area contributed by atoms with E-state index in [1.54, 1.807) is 7.11 Å². The summed E-state index contributed by atoms with van der Waals surface area (Å²) in [4.78, 5) is 22.7. The molecule has 0 aliphatic carbocycles. The molecule has 0 aromatic heterocycles. The van der Waals surface area contributed by atoms with Gasteiger partial charge in [0, 0.05) is 41.2 Å². The molecule has 0 bridgehead atoms. The molecule has 1 saturated heterocycles. The highest BCUT2D eigenvalue weighted by atomic mass is 16.5. The van der Waals surface area contributed by atoms with Crippen LogP contribution in [0.15, 0.2) is 41.4 Å². The van der Waals surface area contributed by atoms with Gasteiger partial charge in [0.05, 0.1) is 25.5 Å². The molecular formula is C29H39N3O3. The van der Waals surface area contributed by atoms with Crippen molar-refractivity contribution in [2.45, 2.75) is 65.1 Å². The van der Waals surface area contributed by atoms with Crippen LogP contribution in [-0.4, -0.2) is 73.4 Å². The number of amides is 1. The number of rotatable bonds is 7. The summed E-state index contributed by atoms with van der Waals surface area (Å²) in [5.41, 5.74) is 5.05. The van der Waals surface area contributed by atoms with Crippen molar-refractivity contribution < 1.29 is 14.3 Å². The largest absolute Gasteiger partial charge is 0.493 e. The van der Waals surface area contributed by atoms with Gasteiger partial charge in [0.25, 0.3) is 5.91 Å². The van der Waals surface area contributed by atoms with Crippen LogP contribution in [0.5, 0.6) is 11.5 Å². The van der Waals surface area contributed by atoms with Crippen molar-refractivity contribution in [2.24, 2.45) is 4.99 Å². The van der Waals surface area contributed by atoms with Crippen molar-refractivity contribution in [3.63, 3.8) is 0 Å². The summed E-state index contributed by atoms with van der Waals surface area (Å²) in [7, 11) is 3.85. The Bertz CT molecular complexity index is 1080. The van der Waals surface area contributed by atoms with E-state index >= 15 is 0 Å². The number of fused-ring (bicyclic) bond motifs is 3. The minimum Gasteiger partial charge on any atom is -0.493 e. The minimum atomic E-state index is 0.0611. The van der Waals surface area contributed by atoms with Gasteiger partial charge < -0.3 is 19.3 Å². The Labute approximate surface area is 209 Å². The lowest BCUT2D eigenvalue weighted by atomic mass is 9.79. The lowest BCUT2D eigenvalue weighted by Gasteiger charge is -2.39. The van der Waals surface area contributed by atoms with Crippen LogP contribution in [-0.2, 0) is 0 Å². The molecule has 0 N–H and O–H groups in total. The van der Waals surface area contributed by atoms with E-state index in [0.29, 0.717) is 18.1 Å². The number of likely N-dealkylation sites (tertiary alicyclic amines) is 1. The van der Waals surface area contributed by atoms with Crippen LogP contribution >= 0.6 is 0 Å². The summed E-state index contributed by atoms with van der Waals surface area (Å²) in [6.45, 7) is 12.8. The van der Waals surface area contributed by atoms with Crippen LogP contribution in [0.4, 0.5) is 0 Å². The molecule has 6 nitrogen and oxygen atoms in total. The maximum Gasteiger partial charge on any atom is 0.254 e. The van der Waals surface area contributed by atoms with Crippen molar-refractivity contribution in [1.29, 1.82) is 0 Å². The van der Waals surface area contributed by atoms with E-state index in [1.165, 1.54) is 5.56 Å². The van der Waals surface area contributed by atoms with E-state index in [4.69, 9.17) is 14.5 Å². The lowest BCUT2D eigenvalue weighted by molar-refractivity contribution is 0.0643. The second-order valence-electron chi connectivity index (χ2n) is 10.2. The van der Waals surface area contributed by atoms with Crippen molar-refractivity contribution in [2.75, 3.05) is 33.9 Å². The van der Waals surface area contributed by atoms with Crippen LogP contribution in [0.25, 0.3) is 0 Å². The van der Waals surface area contributed by atoms with Crippen molar-refractivity contribution >= 4 is 11.6 Å². The molecule has 1 fully saturated rings. The molecule has 0 radical (unpaired) electrons.